The van der Waals surface area contributed by atoms with Crippen LogP contribution in [0.3, 0.4) is 0 Å². The predicted octanol–water partition coefficient (Wildman–Crippen LogP) is 4.59. The molecular weight excluding hydrogens is 272 g/mol. The summed E-state index contributed by atoms with van der Waals surface area (Å²) in [4.78, 5) is 8.31. The first-order valence-electron chi connectivity index (χ1n) is 6.14. The summed E-state index contributed by atoms with van der Waals surface area (Å²) in [6.07, 6.45) is 0. The van der Waals surface area contributed by atoms with Crippen molar-refractivity contribution < 1.29 is 4.74 Å². The van der Waals surface area contributed by atoms with Gasteiger partial charge >= 0.3 is 0 Å². The van der Waals surface area contributed by atoms with Crippen molar-refractivity contribution in [2.75, 3.05) is 0 Å². The number of rotatable bonds is 3. The molecular formula is C16H11ClN2O. The van der Waals surface area contributed by atoms with Crippen LogP contribution in [-0.2, 0) is 0 Å². The van der Waals surface area contributed by atoms with Gasteiger partial charge in [0.15, 0.2) is 0 Å². The zero-order chi connectivity index (χ0) is 13.8. The highest BCUT2D eigenvalue weighted by Crippen LogP contribution is 2.25. The van der Waals surface area contributed by atoms with Gasteiger partial charge in [-0.1, -0.05) is 48.5 Å². The fraction of sp³-hybridized carbons (Fsp3) is 0. The maximum atomic E-state index is 5.96. The Labute approximate surface area is 121 Å². The van der Waals surface area contributed by atoms with E-state index in [0.29, 0.717) is 11.6 Å². The SMILES string of the molecule is Clc1nc(Oc2ccccc2)cc(-c2ccccc2)n1. The first-order valence-corrected chi connectivity index (χ1v) is 6.52. The molecule has 0 aliphatic heterocycles. The van der Waals surface area contributed by atoms with Crippen LogP contribution in [0.5, 0.6) is 11.6 Å². The van der Waals surface area contributed by atoms with E-state index < -0.39 is 0 Å². The smallest absolute Gasteiger partial charge is 0.226 e. The minimum absolute atomic E-state index is 0.164. The van der Waals surface area contributed by atoms with Gasteiger partial charge in [0.25, 0.3) is 0 Å². The Kier molecular flexibility index (Phi) is 3.61. The van der Waals surface area contributed by atoms with Gasteiger partial charge < -0.3 is 4.74 Å². The summed E-state index contributed by atoms with van der Waals surface area (Å²) in [6, 6.07) is 21.0. The van der Waals surface area contributed by atoms with Gasteiger partial charge in [0, 0.05) is 11.6 Å². The molecule has 1 heterocycles. The van der Waals surface area contributed by atoms with Gasteiger partial charge in [-0.15, -0.1) is 0 Å². The number of aromatic nitrogens is 2. The molecule has 0 amide bonds. The van der Waals surface area contributed by atoms with E-state index in [1.54, 1.807) is 6.07 Å². The quantitative estimate of drug-likeness (QED) is 0.659. The van der Waals surface area contributed by atoms with Crippen LogP contribution in [0.4, 0.5) is 0 Å². The number of halogens is 1. The van der Waals surface area contributed by atoms with Crippen molar-refractivity contribution in [2.24, 2.45) is 0 Å². The van der Waals surface area contributed by atoms with E-state index in [1.165, 1.54) is 0 Å². The Morgan fingerprint density at radius 1 is 0.800 bits per heavy atom. The average molecular weight is 283 g/mol. The lowest BCUT2D eigenvalue weighted by Gasteiger charge is -2.07. The van der Waals surface area contributed by atoms with Gasteiger partial charge in [-0.3, -0.25) is 0 Å². The predicted molar refractivity (Wildman–Crippen MR) is 79.0 cm³/mol. The molecule has 20 heavy (non-hydrogen) atoms. The highest BCUT2D eigenvalue weighted by molar-refractivity contribution is 6.28. The summed E-state index contributed by atoms with van der Waals surface area (Å²) in [5, 5.41) is 0.164. The molecule has 0 N–H and O–H groups in total. The second-order valence-electron chi connectivity index (χ2n) is 4.14. The fourth-order valence-corrected chi connectivity index (χ4v) is 1.99. The summed E-state index contributed by atoms with van der Waals surface area (Å²) in [6.45, 7) is 0. The molecule has 0 saturated heterocycles. The Morgan fingerprint density at radius 2 is 1.45 bits per heavy atom. The first-order chi connectivity index (χ1) is 9.81. The van der Waals surface area contributed by atoms with Crippen LogP contribution in [-0.4, -0.2) is 9.97 Å². The van der Waals surface area contributed by atoms with E-state index in [2.05, 4.69) is 9.97 Å². The minimum Gasteiger partial charge on any atom is -0.439 e. The van der Waals surface area contributed by atoms with Crippen LogP contribution in [0, 0.1) is 0 Å². The van der Waals surface area contributed by atoms with E-state index in [1.807, 2.05) is 60.7 Å². The monoisotopic (exact) mass is 282 g/mol. The van der Waals surface area contributed by atoms with Crippen LogP contribution >= 0.6 is 11.6 Å². The molecule has 0 atom stereocenters. The van der Waals surface area contributed by atoms with E-state index >= 15 is 0 Å². The number of benzene rings is 2. The maximum absolute atomic E-state index is 5.96. The molecule has 3 aromatic rings. The topological polar surface area (TPSA) is 35.0 Å². The third-order valence-electron chi connectivity index (χ3n) is 2.71. The van der Waals surface area contributed by atoms with Gasteiger partial charge in [-0.25, -0.2) is 4.98 Å². The van der Waals surface area contributed by atoms with Gasteiger partial charge in [0.05, 0.1) is 5.69 Å². The van der Waals surface area contributed by atoms with Gasteiger partial charge in [-0.2, -0.15) is 4.98 Å². The van der Waals surface area contributed by atoms with E-state index in [-0.39, 0.29) is 5.28 Å². The molecule has 3 nitrogen and oxygen atoms in total. The number of hydrogen-bond acceptors (Lipinski definition) is 3. The van der Waals surface area contributed by atoms with Crippen molar-refractivity contribution in [1.82, 2.24) is 9.97 Å². The van der Waals surface area contributed by atoms with E-state index in [4.69, 9.17) is 16.3 Å². The molecule has 98 valence electrons. The van der Waals surface area contributed by atoms with Gasteiger partial charge in [0.1, 0.15) is 5.75 Å². The normalized spacial score (nSPS) is 10.2. The number of ether oxygens (including phenoxy) is 1. The number of nitrogens with zero attached hydrogens (tertiary/aromatic N) is 2. The first kappa shape index (κ1) is 12.6. The Balaban J connectivity index is 1.95. The zero-order valence-electron chi connectivity index (χ0n) is 10.5. The molecule has 0 aliphatic rings. The van der Waals surface area contributed by atoms with Crippen molar-refractivity contribution >= 4 is 11.6 Å². The third kappa shape index (κ3) is 2.95. The van der Waals surface area contributed by atoms with E-state index in [0.717, 1.165) is 11.3 Å². The Morgan fingerprint density at radius 3 is 2.15 bits per heavy atom. The zero-order valence-corrected chi connectivity index (χ0v) is 11.3. The van der Waals surface area contributed by atoms with Gasteiger partial charge in [-0.05, 0) is 23.7 Å². The van der Waals surface area contributed by atoms with Crippen LogP contribution in [0.25, 0.3) is 11.3 Å². The second kappa shape index (κ2) is 5.72. The van der Waals surface area contributed by atoms with Crippen molar-refractivity contribution in [3.63, 3.8) is 0 Å². The lowest BCUT2D eigenvalue weighted by Crippen LogP contribution is -1.93. The molecule has 0 spiro atoms. The van der Waals surface area contributed by atoms with E-state index in [9.17, 15) is 0 Å². The molecule has 0 saturated carbocycles. The van der Waals surface area contributed by atoms with Crippen LogP contribution in [0.15, 0.2) is 66.7 Å². The lowest BCUT2D eigenvalue weighted by atomic mass is 10.1. The lowest BCUT2D eigenvalue weighted by molar-refractivity contribution is 0.462. The number of hydrogen-bond donors (Lipinski definition) is 0. The largest absolute Gasteiger partial charge is 0.439 e. The van der Waals surface area contributed by atoms with Gasteiger partial charge in [0.2, 0.25) is 11.2 Å². The third-order valence-corrected chi connectivity index (χ3v) is 2.88. The molecule has 0 aliphatic carbocycles. The molecule has 3 rings (SSSR count). The summed E-state index contributed by atoms with van der Waals surface area (Å²) in [5.74, 6) is 1.14. The minimum atomic E-state index is 0.164. The standard InChI is InChI=1S/C16H11ClN2O/c17-16-18-14(12-7-3-1-4-8-12)11-15(19-16)20-13-9-5-2-6-10-13/h1-11H. The Bertz CT molecular complexity index is 702. The summed E-state index contributed by atoms with van der Waals surface area (Å²) >= 11 is 5.96. The van der Waals surface area contributed by atoms with Crippen molar-refractivity contribution in [2.45, 2.75) is 0 Å². The summed E-state index contributed by atoms with van der Waals surface area (Å²) < 4.78 is 5.69. The highest BCUT2D eigenvalue weighted by atomic mass is 35.5. The molecule has 4 heteroatoms. The molecule has 2 aromatic carbocycles. The van der Waals surface area contributed by atoms with Crippen LogP contribution < -0.4 is 4.74 Å². The Hall–Kier alpha value is -2.39. The van der Waals surface area contributed by atoms with Crippen LogP contribution in [0.2, 0.25) is 5.28 Å². The molecule has 0 unspecified atom stereocenters. The van der Waals surface area contributed by atoms with Crippen molar-refractivity contribution in [3.05, 3.63) is 72.0 Å². The van der Waals surface area contributed by atoms with Crippen LogP contribution in [0.1, 0.15) is 0 Å². The molecule has 1 aromatic heterocycles. The summed E-state index contributed by atoms with van der Waals surface area (Å²) in [5.41, 5.74) is 1.70. The van der Waals surface area contributed by atoms with Crippen molar-refractivity contribution in [1.29, 1.82) is 0 Å². The molecule has 0 fully saturated rings. The highest BCUT2D eigenvalue weighted by Gasteiger charge is 2.06. The molecule has 0 bridgehead atoms. The number of para-hydroxylation sites is 1. The van der Waals surface area contributed by atoms with Crippen molar-refractivity contribution in [3.8, 4) is 22.9 Å². The second-order valence-corrected chi connectivity index (χ2v) is 4.48. The fourth-order valence-electron chi connectivity index (χ4n) is 1.82. The summed E-state index contributed by atoms with van der Waals surface area (Å²) in [7, 11) is 0. The maximum Gasteiger partial charge on any atom is 0.226 e. The average Bonchev–Trinajstić information content (AvgIpc) is 2.49. The molecule has 0 radical (unpaired) electrons.